The van der Waals surface area contributed by atoms with E-state index in [0.717, 1.165) is 11.3 Å². The summed E-state index contributed by atoms with van der Waals surface area (Å²) in [4.78, 5) is 24.4. The summed E-state index contributed by atoms with van der Waals surface area (Å²) >= 11 is 0. The van der Waals surface area contributed by atoms with Gasteiger partial charge in [0.2, 0.25) is 0 Å². The van der Waals surface area contributed by atoms with Crippen LogP contribution in [-0.2, 0) is 0 Å². The molecule has 0 saturated heterocycles. The number of ketones is 2. The van der Waals surface area contributed by atoms with Crippen LogP contribution in [0.15, 0.2) is 97.1 Å². The molecule has 0 N–H and O–H groups in total. The van der Waals surface area contributed by atoms with E-state index in [9.17, 15) is 9.59 Å². The first kappa shape index (κ1) is 21.1. The highest BCUT2D eigenvalue weighted by atomic mass is 16.5. The van der Waals surface area contributed by atoms with Crippen molar-refractivity contribution < 1.29 is 19.1 Å². The van der Waals surface area contributed by atoms with Gasteiger partial charge in [0, 0.05) is 16.7 Å². The SMILES string of the molecule is CC(=O)c1ccc(Oc2cccc(C(=O)c3ccc(Oc4ccc(C)cc4)cc3)c2)cc1. The Morgan fingerprint density at radius 3 is 1.62 bits per heavy atom. The molecule has 0 aliphatic rings. The van der Waals surface area contributed by atoms with Crippen LogP contribution in [-0.4, -0.2) is 11.6 Å². The van der Waals surface area contributed by atoms with Crippen LogP contribution in [0, 0.1) is 6.92 Å². The van der Waals surface area contributed by atoms with Gasteiger partial charge in [-0.05, 0) is 86.6 Å². The van der Waals surface area contributed by atoms with Gasteiger partial charge in [0.1, 0.15) is 23.0 Å². The molecule has 0 heterocycles. The Labute approximate surface area is 187 Å². The molecule has 4 heteroatoms. The minimum atomic E-state index is -0.107. The second kappa shape index (κ2) is 9.31. The highest BCUT2D eigenvalue weighted by molar-refractivity contribution is 6.09. The van der Waals surface area contributed by atoms with Gasteiger partial charge in [0.15, 0.2) is 11.6 Å². The number of carbonyl (C=O) groups is 2. The molecule has 4 rings (SSSR count). The van der Waals surface area contributed by atoms with E-state index in [4.69, 9.17) is 9.47 Å². The molecule has 0 amide bonds. The standard InChI is InChI=1S/C28H22O4/c1-19-6-12-24(13-7-19)31-25-16-10-22(11-17-25)28(30)23-4-3-5-27(18-23)32-26-14-8-21(9-15-26)20(2)29/h3-18H,1-2H3. The molecule has 0 unspecified atom stereocenters. The first-order valence-electron chi connectivity index (χ1n) is 10.3. The largest absolute Gasteiger partial charge is 0.457 e. The fourth-order valence-electron chi connectivity index (χ4n) is 3.18. The zero-order valence-corrected chi connectivity index (χ0v) is 17.9. The van der Waals surface area contributed by atoms with E-state index in [1.807, 2.05) is 31.2 Å². The molecule has 0 aromatic heterocycles. The topological polar surface area (TPSA) is 52.6 Å². The summed E-state index contributed by atoms with van der Waals surface area (Å²) in [5.74, 6) is 2.44. The molecule has 0 aliphatic heterocycles. The number of hydrogen-bond acceptors (Lipinski definition) is 4. The average molecular weight is 422 g/mol. The molecule has 4 aromatic carbocycles. The normalized spacial score (nSPS) is 10.4. The van der Waals surface area contributed by atoms with Gasteiger partial charge in [-0.15, -0.1) is 0 Å². The van der Waals surface area contributed by atoms with E-state index in [0.29, 0.717) is 33.9 Å². The molecule has 4 aromatic rings. The summed E-state index contributed by atoms with van der Waals surface area (Å²) in [6, 6.07) is 28.8. The lowest BCUT2D eigenvalue weighted by molar-refractivity contribution is 0.101. The third-order valence-electron chi connectivity index (χ3n) is 4.97. The molecule has 0 spiro atoms. The van der Waals surface area contributed by atoms with Gasteiger partial charge in [-0.3, -0.25) is 9.59 Å². The van der Waals surface area contributed by atoms with Crippen molar-refractivity contribution in [2.45, 2.75) is 13.8 Å². The Bertz CT molecular complexity index is 1240. The van der Waals surface area contributed by atoms with Crippen molar-refractivity contribution in [1.82, 2.24) is 0 Å². The van der Waals surface area contributed by atoms with Gasteiger partial charge in [-0.1, -0.05) is 29.8 Å². The summed E-state index contributed by atoms with van der Waals surface area (Å²) in [6.07, 6.45) is 0. The highest BCUT2D eigenvalue weighted by Gasteiger charge is 2.11. The molecule has 0 fully saturated rings. The van der Waals surface area contributed by atoms with Gasteiger partial charge >= 0.3 is 0 Å². The van der Waals surface area contributed by atoms with Crippen molar-refractivity contribution >= 4 is 11.6 Å². The number of Topliss-reactive ketones (excluding diaryl/α,β-unsaturated/α-hetero) is 1. The number of rotatable bonds is 7. The third-order valence-corrected chi connectivity index (χ3v) is 4.97. The summed E-state index contributed by atoms with van der Waals surface area (Å²) in [6.45, 7) is 3.54. The zero-order valence-electron chi connectivity index (χ0n) is 17.9. The Kier molecular flexibility index (Phi) is 6.13. The quantitative estimate of drug-likeness (QED) is 0.301. The van der Waals surface area contributed by atoms with Crippen LogP contribution in [0.4, 0.5) is 0 Å². The fourth-order valence-corrected chi connectivity index (χ4v) is 3.18. The lowest BCUT2D eigenvalue weighted by Gasteiger charge is -2.09. The van der Waals surface area contributed by atoms with Gasteiger partial charge in [-0.25, -0.2) is 0 Å². The molecule has 4 nitrogen and oxygen atoms in total. The molecule has 158 valence electrons. The minimum absolute atomic E-state index is 0.000529. The zero-order chi connectivity index (χ0) is 22.5. The van der Waals surface area contributed by atoms with E-state index in [1.165, 1.54) is 6.92 Å². The average Bonchev–Trinajstić information content (AvgIpc) is 2.81. The van der Waals surface area contributed by atoms with E-state index in [1.54, 1.807) is 72.8 Å². The summed E-state index contributed by atoms with van der Waals surface area (Å²) in [5.41, 5.74) is 2.87. The molecule has 32 heavy (non-hydrogen) atoms. The number of hydrogen-bond donors (Lipinski definition) is 0. The maximum Gasteiger partial charge on any atom is 0.193 e. The highest BCUT2D eigenvalue weighted by Crippen LogP contribution is 2.26. The van der Waals surface area contributed by atoms with Gasteiger partial charge in [0.05, 0.1) is 0 Å². The van der Waals surface area contributed by atoms with Crippen LogP contribution in [0.3, 0.4) is 0 Å². The lowest BCUT2D eigenvalue weighted by Crippen LogP contribution is -2.01. The first-order valence-corrected chi connectivity index (χ1v) is 10.3. The molecule has 0 atom stereocenters. The van der Waals surface area contributed by atoms with Crippen molar-refractivity contribution in [2.24, 2.45) is 0 Å². The predicted octanol–water partition coefficient (Wildman–Crippen LogP) is 7.01. The number of ether oxygens (including phenoxy) is 2. The number of carbonyl (C=O) groups excluding carboxylic acids is 2. The maximum atomic E-state index is 12.9. The third kappa shape index (κ3) is 5.10. The van der Waals surface area contributed by atoms with E-state index >= 15 is 0 Å². The van der Waals surface area contributed by atoms with E-state index < -0.39 is 0 Å². The minimum Gasteiger partial charge on any atom is -0.457 e. The van der Waals surface area contributed by atoms with Crippen LogP contribution in [0.1, 0.15) is 38.8 Å². The Morgan fingerprint density at radius 1 is 0.562 bits per heavy atom. The van der Waals surface area contributed by atoms with E-state index in [2.05, 4.69) is 0 Å². The van der Waals surface area contributed by atoms with Crippen molar-refractivity contribution in [3.63, 3.8) is 0 Å². The van der Waals surface area contributed by atoms with Crippen LogP contribution in [0.5, 0.6) is 23.0 Å². The molecular weight excluding hydrogens is 400 g/mol. The van der Waals surface area contributed by atoms with Crippen LogP contribution in [0.25, 0.3) is 0 Å². The Hall–Kier alpha value is -4.18. The number of benzene rings is 4. The van der Waals surface area contributed by atoms with Gasteiger partial charge < -0.3 is 9.47 Å². The molecule has 0 bridgehead atoms. The molecule has 0 radical (unpaired) electrons. The van der Waals surface area contributed by atoms with Crippen molar-refractivity contribution in [1.29, 1.82) is 0 Å². The first-order chi connectivity index (χ1) is 15.5. The summed E-state index contributed by atoms with van der Waals surface area (Å²) < 4.78 is 11.7. The van der Waals surface area contributed by atoms with Crippen molar-refractivity contribution in [3.8, 4) is 23.0 Å². The monoisotopic (exact) mass is 422 g/mol. The molecular formula is C28H22O4. The van der Waals surface area contributed by atoms with Gasteiger partial charge in [-0.2, -0.15) is 0 Å². The molecule has 0 saturated carbocycles. The van der Waals surface area contributed by atoms with Crippen LogP contribution in [0.2, 0.25) is 0 Å². The van der Waals surface area contributed by atoms with Crippen LogP contribution < -0.4 is 9.47 Å². The fraction of sp³-hybridized carbons (Fsp3) is 0.0714. The van der Waals surface area contributed by atoms with Crippen LogP contribution >= 0.6 is 0 Å². The second-order valence-electron chi connectivity index (χ2n) is 7.48. The van der Waals surface area contributed by atoms with E-state index in [-0.39, 0.29) is 11.6 Å². The Morgan fingerprint density at radius 2 is 1.06 bits per heavy atom. The maximum absolute atomic E-state index is 12.9. The second-order valence-corrected chi connectivity index (χ2v) is 7.48. The van der Waals surface area contributed by atoms with Crippen molar-refractivity contribution in [3.05, 3.63) is 119 Å². The number of aryl methyl sites for hydroxylation is 1. The van der Waals surface area contributed by atoms with Crippen molar-refractivity contribution in [2.75, 3.05) is 0 Å². The lowest BCUT2D eigenvalue weighted by atomic mass is 10.0. The predicted molar refractivity (Wildman–Crippen MR) is 124 cm³/mol. The van der Waals surface area contributed by atoms with Gasteiger partial charge in [0.25, 0.3) is 0 Å². The summed E-state index contributed by atoms with van der Waals surface area (Å²) in [5, 5.41) is 0. The summed E-state index contributed by atoms with van der Waals surface area (Å²) in [7, 11) is 0. The smallest absolute Gasteiger partial charge is 0.193 e. The Balaban J connectivity index is 1.46. The molecule has 0 aliphatic carbocycles.